The van der Waals surface area contributed by atoms with E-state index in [-0.39, 0.29) is 0 Å². The summed E-state index contributed by atoms with van der Waals surface area (Å²) >= 11 is 0. The van der Waals surface area contributed by atoms with E-state index in [0.717, 1.165) is 25.1 Å². The lowest BCUT2D eigenvalue weighted by Crippen LogP contribution is -2.28. The van der Waals surface area contributed by atoms with Gasteiger partial charge in [-0.15, -0.1) is 0 Å². The molecule has 2 aromatic rings. The standard InChI is InChI=1S/C19H22N2/c1-19(16-20,18-11-7-4-8-12-18)13-14-21(2)15-17-9-5-3-6-10-17/h3-12H,13-15H2,1-2H3/t19-/m0/s1. The molecule has 0 spiro atoms. The number of hydrogen-bond acceptors (Lipinski definition) is 2. The van der Waals surface area contributed by atoms with E-state index in [1.165, 1.54) is 5.56 Å². The van der Waals surface area contributed by atoms with Gasteiger partial charge in [0.05, 0.1) is 11.5 Å². The third-order valence-corrected chi connectivity index (χ3v) is 3.95. The van der Waals surface area contributed by atoms with Crippen molar-refractivity contribution >= 4 is 0 Å². The minimum atomic E-state index is -0.424. The molecule has 0 aliphatic heterocycles. The molecule has 2 rings (SSSR count). The van der Waals surface area contributed by atoms with Crippen LogP contribution in [0.1, 0.15) is 24.5 Å². The Hall–Kier alpha value is -2.11. The number of rotatable bonds is 6. The van der Waals surface area contributed by atoms with Crippen molar-refractivity contribution in [1.82, 2.24) is 4.90 Å². The molecular formula is C19H22N2. The van der Waals surface area contributed by atoms with Gasteiger partial charge in [0.2, 0.25) is 0 Å². The molecule has 0 bridgehead atoms. The Morgan fingerprint density at radius 3 is 2.14 bits per heavy atom. The molecule has 0 N–H and O–H groups in total. The lowest BCUT2D eigenvalue weighted by Gasteiger charge is -2.25. The monoisotopic (exact) mass is 278 g/mol. The molecule has 2 aromatic carbocycles. The summed E-state index contributed by atoms with van der Waals surface area (Å²) in [5.41, 5.74) is 1.98. The topological polar surface area (TPSA) is 27.0 Å². The first-order valence-electron chi connectivity index (χ1n) is 7.33. The Balaban J connectivity index is 1.96. The highest BCUT2D eigenvalue weighted by Crippen LogP contribution is 2.27. The van der Waals surface area contributed by atoms with Crippen molar-refractivity contribution in [1.29, 1.82) is 5.26 Å². The normalized spacial score (nSPS) is 13.6. The van der Waals surface area contributed by atoms with Gasteiger partial charge in [0, 0.05) is 13.1 Å². The van der Waals surface area contributed by atoms with E-state index < -0.39 is 5.41 Å². The molecule has 0 aliphatic carbocycles. The minimum Gasteiger partial charge on any atom is -0.302 e. The molecule has 0 heterocycles. The van der Waals surface area contributed by atoms with Crippen LogP contribution >= 0.6 is 0 Å². The van der Waals surface area contributed by atoms with Crippen LogP contribution in [0.3, 0.4) is 0 Å². The van der Waals surface area contributed by atoms with Crippen LogP contribution in [0.25, 0.3) is 0 Å². The summed E-state index contributed by atoms with van der Waals surface area (Å²) in [5.74, 6) is 0. The quantitative estimate of drug-likeness (QED) is 0.799. The average molecular weight is 278 g/mol. The molecule has 0 saturated carbocycles. The molecule has 0 radical (unpaired) electrons. The van der Waals surface area contributed by atoms with Gasteiger partial charge in [-0.05, 0) is 31.5 Å². The van der Waals surface area contributed by atoms with Crippen molar-refractivity contribution < 1.29 is 0 Å². The van der Waals surface area contributed by atoms with Gasteiger partial charge in [0.1, 0.15) is 0 Å². The summed E-state index contributed by atoms with van der Waals surface area (Å²) in [6.07, 6.45) is 0.830. The number of nitrogens with zero attached hydrogens (tertiary/aromatic N) is 2. The fourth-order valence-corrected chi connectivity index (χ4v) is 2.46. The Bertz CT molecular complexity index is 586. The van der Waals surface area contributed by atoms with Crippen molar-refractivity contribution in [3.8, 4) is 6.07 Å². The molecule has 0 unspecified atom stereocenters. The van der Waals surface area contributed by atoms with Gasteiger partial charge in [0.15, 0.2) is 0 Å². The van der Waals surface area contributed by atoms with Crippen LogP contribution < -0.4 is 0 Å². The molecule has 0 fully saturated rings. The highest BCUT2D eigenvalue weighted by atomic mass is 15.1. The zero-order valence-corrected chi connectivity index (χ0v) is 12.8. The maximum Gasteiger partial charge on any atom is 0.0806 e. The third kappa shape index (κ3) is 4.18. The van der Waals surface area contributed by atoms with Crippen LogP contribution in [0.4, 0.5) is 0 Å². The van der Waals surface area contributed by atoms with E-state index in [2.05, 4.69) is 42.3 Å². The second kappa shape index (κ2) is 7.06. The Morgan fingerprint density at radius 2 is 1.57 bits per heavy atom. The highest BCUT2D eigenvalue weighted by molar-refractivity contribution is 5.31. The van der Waals surface area contributed by atoms with Crippen LogP contribution in [0.5, 0.6) is 0 Å². The summed E-state index contributed by atoms with van der Waals surface area (Å²) in [4.78, 5) is 2.27. The zero-order valence-electron chi connectivity index (χ0n) is 12.8. The first-order chi connectivity index (χ1) is 10.1. The van der Waals surface area contributed by atoms with Gasteiger partial charge >= 0.3 is 0 Å². The maximum atomic E-state index is 9.57. The summed E-state index contributed by atoms with van der Waals surface area (Å²) in [6.45, 7) is 3.84. The van der Waals surface area contributed by atoms with Crippen LogP contribution in [0.15, 0.2) is 60.7 Å². The minimum absolute atomic E-state index is 0.424. The Kier molecular flexibility index (Phi) is 5.14. The molecule has 0 saturated heterocycles. The van der Waals surface area contributed by atoms with Gasteiger partial charge in [0.25, 0.3) is 0 Å². The zero-order chi connectivity index (χ0) is 15.1. The summed E-state index contributed by atoms with van der Waals surface area (Å²) in [7, 11) is 2.11. The van der Waals surface area contributed by atoms with E-state index in [0.29, 0.717) is 0 Å². The van der Waals surface area contributed by atoms with Crippen molar-refractivity contribution in [3.05, 3.63) is 71.8 Å². The SMILES string of the molecule is CN(CC[C@@](C)(C#N)c1ccccc1)Cc1ccccc1. The highest BCUT2D eigenvalue weighted by Gasteiger charge is 2.26. The fourth-order valence-electron chi connectivity index (χ4n) is 2.46. The molecule has 1 atom stereocenters. The van der Waals surface area contributed by atoms with E-state index in [1.54, 1.807) is 0 Å². The van der Waals surface area contributed by atoms with Gasteiger partial charge in [-0.3, -0.25) is 0 Å². The van der Waals surface area contributed by atoms with E-state index in [9.17, 15) is 5.26 Å². The average Bonchev–Trinajstić information content (AvgIpc) is 2.54. The van der Waals surface area contributed by atoms with Crippen molar-refractivity contribution in [2.75, 3.05) is 13.6 Å². The van der Waals surface area contributed by atoms with Crippen molar-refractivity contribution in [2.45, 2.75) is 25.3 Å². The van der Waals surface area contributed by atoms with Crippen LogP contribution in [0, 0.1) is 11.3 Å². The van der Waals surface area contributed by atoms with Gasteiger partial charge < -0.3 is 4.90 Å². The summed E-state index contributed by atoms with van der Waals surface area (Å²) in [6, 6.07) is 23.0. The lowest BCUT2D eigenvalue weighted by atomic mass is 9.81. The molecular weight excluding hydrogens is 256 g/mol. The Morgan fingerprint density at radius 1 is 1.00 bits per heavy atom. The fraction of sp³-hybridized carbons (Fsp3) is 0.316. The molecule has 2 heteroatoms. The predicted molar refractivity (Wildman–Crippen MR) is 86.8 cm³/mol. The van der Waals surface area contributed by atoms with Gasteiger partial charge in [-0.2, -0.15) is 5.26 Å². The Labute approximate surface area is 127 Å². The maximum absolute atomic E-state index is 9.57. The second-order valence-electron chi connectivity index (χ2n) is 5.78. The van der Waals surface area contributed by atoms with Gasteiger partial charge in [-0.1, -0.05) is 60.7 Å². The molecule has 0 aliphatic rings. The van der Waals surface area contributed by atoms with Crippen LogP contribution in [0.2, 0.25) is 0 Å². The smallest absolute Gasteiger partial charge is 0.0806 e. The molecule has 108 valence electrons. The molecule has 0 amide bonds. The van der Waals surface area contributed by atoms with Gasteiger partial charge in [-0.25, -0.2) is 0 Å². The molecule has 0 aromatic heterocycles. The largest absolute Gasteiger partial charge is 0.302 e. The predicted octanol–water partition coefficient (Wildman–Crippen LogP) is 3.99. The lowest BCUT2D eigenvalue weighted by molar-refractivity contribution is 0.299. The summed E-state index contributed by atoms with van der Waals surface area (Å²) < 4.78 is 0. The number of nitriles is 1. The third-order valence-electron chi connectivity index (χ3n) is 3.95. The van der Waals surface area contributed by atoms with E-state index in [1.807, 2.05) is 43.3 Å². The van der Waals surface area contributed by atoms with Crippen LogP contribution in [-0.2, 0) is 12.0 Å². The summed E-state index contributed by atoms with van der Waals surface area (Å²) in [5, 5.41) is 9.57. The van der Waals surface area contributed by atoms with Crippen LogP contribution in [-0.4, -0.2) is 18.5 Å². The first kappa shape index (κ1) is 15.3. The van der Waals surface area contributed by atoms with Crippen molar-refractivity contribution in [2.24, 2.45) is 0 Å². The first-order valence-corrected chi connectivity index (χ1v) is 7.33. The number of benzene rings is 2. The number of hydrogen-bond donors (Lipinski definition) is 0. The van der Waals surface area contributed by atoms with Crippen molar-refractivity contribution in [3.63, 3.8) is 0 Å². The molecule has 21 heavy (non-hydrogen) atoms. The van der Waals surface area contributed by atoms with E-state index in [4.69, 9.17) is 0 Å². The molecule has 2 nitrogen and oxygen atoms in total. The van der Waals surface area contributed by atoms with E-state index >= 15 is 0 Å². The second-order valence-corrected chi connectivity index (χ2v) is 5.78.